The second-order valence-electron chi connectivity index (χ2n) is 46.7. The molecular weight excluding hydrogens is 1580 g/mol. The number of hydrogen-bond acceptors (Lipinski definition) is 11. The minimum absolute atomic E-state index is 0.0124. The normalized spacial score (nSPS) is 17.1. The standard InChI is InChI=1S/C98H180O11Si8/c1-76(90(109-116(38,39)97(20,21)22)89(108-115(36,37)96(17,18)19)74-81(106-113(32,33)94(11,12)13)71-72-101-88-70-51-56-77-55-49-50-68-85(77)88)73-87(100)86(99)69-48-40-43-57-78(103-110(26,27)91(2,3)4)58-52-59-79(104-111(28,29)92(5,6)7)60-53-61-80(105-112(30,31)93(8,9)10)62-54-63-82(107-114(34,35)95(14,15)16)75-102-117(98(23,24)25,83-64-44-41-45-65-83)84-66-46-42-47-67-84/h41-42,44-47,49-51,53-56,60,62,64-68,70,76,78-82,86-87,89-90,99-100H,40,43,48,52,57-59,61,63,69,71-75H2,1-39H3/b60-53+,62-54+/t76-,78+,79+,80+,81-,82+,86+,87-,89-,90+/m0/s1. The van der Waals surface area contributed by atoms with Gasteiger partial charge in [-0.3, -0.25) is 0 Å². The van der Waals surface area contributed by atoms with Crippen LogP contribution in [0.2, 0.25) is 132 Å². The molecular formula is C98H180O11Si8. The minimum Gasteiger partial charge on any atom is -0.493 e. The summed E-state index contributed by atoms with van der Waals surface area (Å²) in [6, 6.07) is 36.7. The summed E-state index contributed by atoms with van der Waals surface area (Å²) in [6.07, 6.45) is 16.5. The van der Waals surface area contributed by atoms with Crippen LogP contribution < -0.4 is 15.1 Å². The Hall–Kier alpha value is -2.24. The highest BCUT2D eigenvalue weighted by Gasteiger charge is 2.53. The molecule has 0 bridgehead atoms. The number of aliphatic hydroxyl groups is 2. The zero-order valence-corrected chi connectivity index (χ0v) is 90.6. The largest absolute Gasteiger partial charge is 0.493 e. The SMILES string of the molecule is C[C@@H](C[C@H](O)[C@H](O)CCCCC[C@H](CCC[C@H](/C=C/C[C@H](/C=C/C[C@H](CO[Si](c1ccccc1)(c1ccccc1)C(C)(C)C)O[Si](C)(C)C(C)(C)C)O[Si](C)(C)C(C)(C)C)O[Si](C)(C)C(C)(C)C)O[Si](C)(C)C(C)(C)C)[C@@H](O[Si](C)(C)C(C)(C)C)[C@H](C[C@H](CCOc1cccc2ccccc12)O[Si](C)(C)C(C)(C)C)O[Si](C)(C)C(C)(C)C. The van der Waals surface area contributed by atoms with Crippen LogP contribution in [0.1, 0.15) is 257 Å². The van der Waals surface area contributed by atoms with Crippen LogP contribution in [-0.2, 0) is 35.4 Å². The van der Waals surface area contributed by atoms with Gasteiger partial charge in [-0.25, -0.2) is 0 Å². The molecule has 2 N–H and O–H groups in total. The summed E-state index contributed by atoms with van der Waals surface area (Å²) < 4.78 is 67.1. The smallest absolute Gasteiger partial charge is 0.261 e. The molecule has 0 heterocycles. The van der Waals surface area contributed by atoms with E-state index < -0.39 is 78.7 Å². The molecule has 0 spiro atoms. The van der Waals surface area contributed by atoms with Crippen LogP contribution in [0.25, 0.3) is 10.8 Å². The van der Waals surface area contributed by atoms with Gasteiger partial charge in [0.2, 0.25) is 0 Å². The van der Waals surface area contributed by atoms with Crippen LogP contribution in [0.3, 0.4) is 0 Å². The van der Waals surface area contributed by atoms with Gasteiger partial charge in [-0.1, -0.05) is 314 Å². The van der Waals surface area contributed by atoms with Crippen LogP contribution in [0.5, 0.6) is 5.75 Å². The predicted molar refractivity (Wildman–Crippen MR) is 527 cm³/mol. The molecule has 0 aliphatic heterocycles. The van der Waals surface area contributed by atoms with Gasteiger partial charge in [0.1, 0.15) is 5.75 Å². The summed E-state index contributed by atoms with van der Waals surface area (Å²) in [4.78, 5) is 0. The van der Waals surface area contributed by atoms with E-state index >= 15 is 0 Å². The molecule has 10 atom stereocenters. The number of fused-ring (bicyclic) bond motifs is 1. The van der Waals surface area contributed by atoms with Gasteiger partial charge in [-0.15, -0.1) is 0 Å². The zero-order valence-electron chi connectivity index (χ0n) is 82.6. The van der Waals surface area contributed by atoms with Crippen LogP contribution >= 0.6 is 0 Å². The lowest BCUT2D eigenvalue weighted by molar-refractivity contribution is -0.0495. The van der Waals surface area contributed by atoms with Gasteiger partial charge >= 0.3 is 0 Å². The Morgan fingerprint density at radius 2 is 0.735 bits per heavy atom. The number of rotatable bonds is 46. The average Bonchev–Trinajstić information content (AvgIpc) is 0.745. The van der Waals surface area contributed by atoms with E-state index in [0.29, 0.717) is 45.3 Å². The number of hydrogen-bond donors (Lipinski definition) is 2. The van der Waals surface area contributed by atoms with Crippen molar-refractivity contribution in [1.29, 1.82) is 0 Å². The maximum atomic E-state index is 12.3. The Bertz CT molecular complexity index is 3570. The van der Waals surface area contributed by atoms with Gasteiger partial charge in [-0.05, 0) is 217 Å². The molecule has 0 amide bonds. The molecule has 117 heavy (non-hydrogen) atoms. The average molecular weight is 1760 g/mol. The minimum atomic E-state index is -2.85. The first kappa shape index (κ1) is 107. The molecule has 4 aromatic rings. The zero-order chi connectivity index (χ0) is 89.5. The van der Waals surface area contributed by atoms with Crippen LogP contribution in [0.15, 0.2) is 127 Å². The van der Waals surface area contributed by atoms with Crippen LogP contribution in [0.4, 0.5) is 0 Å². The van der Waals surface area contributed by atoms with E-state index in [0.717, 1.165) is 67.9 Å². The lowest BCUT2D eigenvalue weighted by Crippen LogP contribution is -2.67. The molecule has 0 aliphatic rings. The van der Waals surface area contributed by atoms with E-state index in [1.807, 2.05) is 0 Å². The Morgan fingerprint density at radius 3 is 1.22 bits per heavy atom. The lowest BCUT2D eigenvalue weighted by atomic mass is 9.89. The van der Waals surface area contributed by atoms with E-state index in [2.05, 4.69) is 392 Å². The molecule has 11 nitrogen and oxygen atoms in total. The maximum absolute atomic E-state index is 12.3. The lowest BCUT2D eigenvalue weighted by Gasteiger charge is -2.48. The van der Waals surface area contributed by atoms with E-state index in [4.69, 9.17) is 40.1 Å². The Morgan fingerprint density at radius 1 is 0.342 bits per heavy atom. The summed E-state index contributed by atoms with van der Waals surface area (Å²) in [5, 5.41) is 29.0. The van der Waals surface area contributed by atoms with Crippen molar-refractivity contribution in [2.24, 2.45) is 5.92 Å². The van der Waals surface area contributed by atoms with Crippen molar-refractivity contribution < 1.29 is 50.4 Å². The van der Waals surface area contributed by atoms with Crippen molar-refractivity contribution in [2.75, 3.05) is 13.2 Å². The first-order valence-corrected chi connectivity index (χ1v) is 67.6. The molecule has 4 rings (SSSR count). The highest BCUT2D eigenvalue weighted by molar-refractivity contribution is 6.99. The van der Waals surface area contributed by atoms with Gasteiger partial charge in [0.05, 0.1) is 62.0 Å². The summed E-state index contributed by atoms with van der Waals surface area (Å²) in [5.74, 6) is 0.727. The molecule has 0 saturated carbocycles. The summed E-state index contributed by atoms with van der Waals surface area (Å²) in [6.45, 7) is 92.2. The van der Waals surface area contributed by atoms with Crippen molar-refractivity contribution in [3.8, 4) is 5.75 Å². The fourth-order valence-electron chi connectivity index (χ4n) is 13.7. The van der Waals surface area contributed by atoms with E-state index in [9.17, 15) is 10.2 Å². The molecule has 0 aromatic heterocycles. The van der Waals surface area contributed by atoms with Crippen LogP contribution in [-0.4, -0.2) is 145 Å². The quantitative estimate of drug-likeness (QED) is 0.0250. The summed E-state index contributed by atoms with van der Waals surface area (Å²) in [5.41, 5.74) is 0. The fraction of sp³-hybridized carbons (Fsp3) is 0.735. The van der Waals surface area contributed by atoms with Crippen molar-refractivity contribution in [3.63, 3.8) is 0 Å². The van der Waals surface area contributed by atoms with Gasteiger partial charge in [0.15, 0.2) is 58.2 Å². The molecule has 0 saturated heterocycles. The number of benzene rings is 4. The van der Waals surface area contributed by atoms with Gasteiger partial charge in [0, 0.05) is 17.9 Å². The summed E-state index contributed by atoms with van der Waals surface area (Å²) >= 11 is 0. The van der Waals surface area contributed by atoms with Crippen molar-refractivity contribution in [3.05, 3.63) is 127 Å². The number of unbranched alkanes of at least 4 members (excludes halogenated alkanes) is 2. The molecule has 0 radical (unpaired) electrons. The third-order valence-corrected chi connectivity index (χ3v) is 65.2. The molecule has 19 heteroatoms. The second-order valence-corrected chi connectivity index (χ2v) is 84.3. The molecule has 0 aliphatic carbocycles. The maximum Gasteiger partial charge on any atom is 0.261 e. The first-order chi connectivity index (χ1) is 53.1. The first-order valence-electron chi connectivity index (χ1n) is 45.3. The number of aliphatic hydroxyl groups excluding tert-OH is 2. The Balaban J connectivity index is 1.62. The predicted octanol–water partition coefficient (Wildman–Crippen LogP) is 28.1. The summed E-state index contributed by atoms with van der Waals surface area (Å²) in [7, 11) is -19.0. The fourth-order valence-corrected chi connectivity index (χ4v) is 27.8. The molecule has 0 fully saturated rings. The Kier molecular flexibility index (Phi) is 39.2. The monoisotopic (exact) mass is 1760 g/mol. The van der Waals surface area contributed by atoms with E-state index in [1.54, 1.807) is 0 Å². The van der Waals surface area contributed by atoms with E-state index in [1.165, 1.54) is 10.4 Å². The van der Waals surface area contributed by atoms with E-state index in [-0.39, 0.29) is 89.0 Å². The van der Waals surface area contributed by atoms with Gasteiger partial charge in [-0.2, -0.15) is 0 Å². The highest BCUT2D eigenvalue weighted by Crippen LogP contribution is 2.48. The van der Waals surface area contributed by atoms with Crippen LogP contribution in [0, 0.1) is 5.92 Å². The highest BCUT2D eigenvalue weighted by atomic mass is 28.4. The number of ether oxygens (including phenoxy) is 1. The molecule has 670 valence electrons. The second kappa shape index (κ2) is 42.8. The van der Waals surface area contributed by atoms with Gasteiger partial charge < -0.3 is 50.4 Å². The Labute approximate surface area is 728 Å². The van der Waals surface area contributed by atoms with Crippen molar-refractivity contribution in [2.45, 2.75) is 443 Å². The molecule has 0 unspecified atom stereocenters. The third kappa shape index (κ3) is 31.7. The molecule has 4 aromatic carbocycles. The van der Waals surface area contributed by atoms with Crippen molar-refractivity contribution >= 4 is 87.7 Å². The topological polar surface area (TPSA) is 124 Å². The third-order valence-electron chi connectivity index (χ3n) is 28.6. The van der Waals surface area contributed by atoms with Crippen molar-refractivity contribution in [1.82, 2.24) is 0 Å². The van der Waals surface area contributed by atoms with Gasteiger partial charge in [0.25, 0.3) is 8.32 Å².